The minimum absolute atomic E-state index is 0.339. The van der Waals surface area contributed by atoms with Crippen molar-refractivity contribution < 1.29 is 14.4 Å². The predicted octanol–water partition coefficient (Wildman–Crippen LogP) is 7.21. The second-order valence-electron chi connectivity index (χ2n) is 8.76. The van der Waals surface area contributed by atoms with Gasteiger partial charge in [-0.05, 0) is 52.3 Å². The Labute approximate surface area is 197 Å². The molecule has 0 aliphatic heterocycles. The monoisotopic (exact) mass is 443 g/mol. The smallest absolute Gasteiger partial charge is 0.142 e. The summed E-state index contributed by atoms with van der Waals surface area (Å²) in [6.07, 6.45) is 3.68. The number of carbonyl (C=O) groups excluding carboxylic acids is 1. The lowest BCUT2D eigenvalue weighted by molar-refractivity contribution is -0.107. The Bertz CT molecular complexity index is 1070. The predicted molar refractivity (Wildman–Crippen MR) is 134 cm³/mol. The molecule has 4 heteroatoms. The lowest BCUT2D eigenvalue weighted by Crippen LogP contribution is -2.00. The fourth-order valence-corrected chi connectivity index (χ4v) is 3.63. The highest BCUT2D eigenvalue weighted by atomic mass is 16.6. The third-order valence-corrected chi connectivity index (χ3v) is 5.58. The molecule has 4 nitrogen and oxygen atoms in total. The molecular weight excluding hydrogens is 410 g/mol. The Morgan fingerprint density at radius 2 is 1.61 bits per heavy atom. The third-order valence-electron chi connectivity index (χ3n) is 5.58. The molecule has 0 atom stereocenters. The topological polar surface area (TPSA) is 47.9 Å². The molecule has 0 amide bonds. The molecule has 0 radical (unpaired) electrons. The van der Waals surface area contributed by atoms with Gasteiger partial charge in [-0.2, -0.15) is 0 Å². The minimum Gasteiger partial charge on any atom is -0.457 e. The van der Waals surface area contributed by atoms with Crippen molar-refractivity contribution in [1.29, 1.82) is 0 Å². The molecule has 3 aromatic carbocycles. The van der Waals surface area contributed by atoms with Crippen molar-refractivity contribution >= 4 is 12.5 Å². The number of hydrogen-bond acceptors (Lipinski definition) is 4. The van der Waals surface area contributed by atoms with Crippen molar-refractivity contribution in [2.24, 2.45) is 5.16 Å². The van der Waals surface area contributed by atoms with Gasteiger partial charge in [-0.15, -0.1) is 0 Å². The van der Waals surface area contributed by atoms with Crippen molar-refractivity contribution in [2.75, 3.05) is 0 Å². The van der Waals surface area contributed by atoms with Crippen LogP contribution < -0.4 is 4.74 Å². The molecule has 0 N–H and O–H groups in total. The summed E-state index contributed by atoms with van der Waals surface area (Å²) in [6, 6.07) is 22.1. The second kappa shape index (κ2) is 12.0. The van der Waals surface area contributed by atoms with Gasteiger partial charge in [0.1, 0.15) is 24.4 Å². The van der Waals surface area contributed by atoms with Gasteiger partial charge in [-0.25, -0.2) is 0 Å². The zero-order valence-electron chi connectivity index (χ0n) is 20.0. The first kappa shape index (κ1) is 24.2. The van der Waals surface area contributed by atoms with Crippen LogP contribution >= 0.6 is 0 Å². The minimum atomic E-state index is 0.339. The van der Waals surface area contributed by atoms with Crippen molar-refractivity contribution in [3.8, 4) is 11.5 Å². The lowest BCUT2D eigenvalue weighted by atomic mass is 9.92. The molecule has 0 unspecified atom stereocenters. The molecule has 3 rings (SSSR count). The SMILES string of the molecule is CC(C)c1ccc(CON=CCc2ccc(Oc3ccccc3CC=O)cc2)c(C(C)C)c1. The average molecular weight is 444 g/mol. The van der Waals surface area contributed by atoms with Crippen molar-refractivity contribution in [3.05, 3.63) is 94.5 Å². The van der Waals surface area contributed by atoms with E-state index in [1.165, 1.54) is 16.7 Å². The molecule has 0 aliphatic carbocycles. The van der Waals surface area contributed by atoms with E-state index in [-0.39, 0.29) is 0 Å². The largest absolute Gasteiger partial charge is 0.457 e. The number of rotatable bonds is 11. The van der Waals surface area contributed by atoms with Crippen molar-refractivity contribution in [3.63, 3.8) is 0 Å². The molecule has 0 heterocycles. The Hall–Kier alpha value is -3.40. The first-order valence-corrected chi connectivity index (χ1v) is 11.5. The van der Waals surface area contributed by atoms with Crippen LogP contribution in [0.3, 0.4) is 0 Å². The number of nitrogens with zero attached hydrogens (tertiary/aromatic N) is 1. The van der Waals surface area contributed by atoms with Crippen LogP contribution in [0.25, 0.3) is 0 Å². The van der Waals surface area contributed by atoms with Gasteiger partial charge in [0.15, 0.2) is 0 Å². The van der Waals surface area contributed by atoms with E-state index in [1.54, 1.807) is 6.21 Å². The van der Waals surface area contributed by atoms with E-state index in [1.807, 2.05) is 48.5 Å². The zero-order valence-corrected chi connectivity index (χ0v) is 20.0. The fourth-order valence-electron chi connectivity index (χ4n) is 3.63. The summed E-state index contributed by atoms with van der Waals surface area (Å²) in [5.41, 5.74) is 5.84. The van der Waals surface area contributed by atoms with E-state index in [0.29, 0.717) is 37.0 Å². The highest BCUT2D eigenvalue weighted by molar-refractivity contribution is 5.61. The quantitative estimate of drug-likeness (QED) is 0.179. The maximum Gasteiger partial charge on any atom is 0.142 e. The number of carbonyl (C=O) groups is 1. The van der Waals surface area contributed by atoms with E-state index < -0.39 is 0 Å². The summed E-state index contributed by atoms with van der Waals surface area (Å²) >= 11 is 0. The van der Waals surface area contributed by atoms with Crippen LogP contribution in [0.5, 0.6) is 11.5 Å². The van der Waals surface area contributed by atoms with Crippen LogP contribution in [0.2, 0.25) is 0 Å². The van der Waals surface area contributed by atoms with Gasteiger partial charge < -0.3 is 14.4 Å². The van der Waals surface area contributed by atoms with Crippen LogP contribution in [-0.2, 0) is 29.1 Å². The molecule has 172 valence electrons. The maximum atomic E-state index is 10.9. The molecule has 0 saturated carbocycles. The first-order chi connectivity index (χ1) is 16.0. The van der Waals surface area contributed by atoms with Crippen molar-refractivity contribution in [1.82, 2.24) is 0 Å². The van der Waals surface area contributed by atoms with E-state index >= 15 is 0 Å². The van der Waals surface area contributed by atoms with Crippen LogP contribution in [-0.4, -0.2) is 12.5 Å². The molecule has 0 bridgehead atoms. The van der Waals surface area contributed by atoms with E-state index in [0.717, 1.165) is 23.2 Å². The summed E-state index contributed by atoms with van der Waals surface area (Å²) in [5.74, 6) is 2.39. The van der Waals surface area contributed by atoms with Gasteiger partial charge in [0.25, 0.3) is 0 Å². The highest BCUT2D eigenvalue weighted by Crippen LogP contribution is 2.26. The van der Waals surface area contributed by atoms with Crippen LogP contribution in [0.1, 0.15) is 67.3 Å². The molecule has 0 saturated heterocycles. The number of aldehydes is 1. The molecule has 0 aliphatic rings. The highest BCUT2D eigenvalue weighted by Gasteiger charge is 2.10. The number of para-hydroxylation sites is 1. The standard InChI is InChI=1S/C29H33NO3/c1-21(2)25-11-12-26(28(19-25)22(3)4)20-32-30-17-15-23-9-13-27(14-10-23)33-29-8-6-5-7-24(29)16-18-31/h5-14,17-19,21-22H,15-16,20H2,1-4H3. The molecule has 0 spiro atoms. The van der Waals surface area contributed by atoms with Crippen LogP contribution in [0.4, 0.5) is 0 Å². The van der Waals surface area contributed by atoms with Gasteiger partial charge in [-0.1, -0.05) is 81.4 Å². The summed E-state index contributed by atoms with van der Waals surface area (Å²) in [6.45, 7) is 9.31. The van der Waals surface area contributed by atoms with Gasteiger partial charge in [0, 0.05) is 24.6 Å². The number of benzene rings is 3. The zero-order chi connectivity index (χ0) is 23.6. The lowest BCUT2D eigenvalue weighted by Gasteiger charge is -2.15. The Morgan fingerprint density at radius 1 is 0.848 bits per heavy atom. The molecule has 33 heavy (non-hydrogen) atoms. The van der Waals surface area contributed by atoms with E-state index in [4.69, 9.17) is 9.57 Å². The number of ether oxygens (including phenoxy) is 1. The number of oxime groups is 1. The third kappa shape index (κ3) is 7.04. The molecular formula is C29H33NO3. The summed E-state index contributed by atoms with van der Waals surface area (Å²) in [7, 11) is 0. The molecule has 0 aromatic heterocycles. The van der Waals surface area contributed by atoms with Gasteiger partial charge in [-0.3, -0.25) is 0 Å². The Balaban J connectivity index is 1.53. The number of hydrogen-bond donors (Lipinski definition) is 0. The normalized spacial score (nSPS) is 11.3. The molecule has 0 fully saturated rings. The van der Waals surface area contributed by atoms with Crippen LogP contribution in [0.15, 0.2) is 71.9 Å². The van der Waals surface area contributed by atoms with Crippen LogP contribution in [0, 0.1) is 0 Å². The fraction of sp³-hybridized carbons (Fsp3) is 0.310. The first-order valence-electron chi connectivity index (χ1n) is 11.5. The second-order valence-corrected chi connectivity index (χ2v) is 8.76. The Kier molecular flexibility index (Phi) is 8.82. The van der Waals surface area contributed by atoms with Gasteiger partial charge >= 0.3 is 0 Å². The summed E-state index contributed by atoms with van der Waals surface area (Å²) in [5, 5.41) is 4.15. The van der Waals surface area contributed by atoms with Gasteiger partial charge in [0.05, 0.1) is 0 Å². The molecule has 3 aromatic rings. The van der Waals surface area contributed by atoms with E-state index in [9.17, 15) is 4.79 Å². The average Bonchev–Trinajstić information content (AvgIpc) is 2.81. The summed E-state index contributed by atoms with van der Waals surface area (Å²) < 4.78 is 5.95. The van der Waals surface area contributed by atoms with Crippen molar-refractivity contribution in [2.45, 2.75) is 59.0 Å². The summed E-state index contributed by atoms with van der Waals surface area (Å²) in [4.78, 5) is 16.4. The van der Waals surface area contributed by atoms with Gasteiger partial charge in [0.2, 0.25) is 0 Å². The van der Waals surface area contributed by atoms with E-state index in [2.05, 4.69) is 51.0 Å². The maximum absolute atomic E-state index is 10.9. The Morgan fingerprint density at radius 3 is 2.30 bits per heavy atom.